The monoisotopic (exact) mass is 439 g/mol. The molecule has 1 aromatic carbocycles. The highest BCUT2D eigenvalue weighted by Gasteiger charge is 2.72. The highest BCUT2D eigenvalue weighted by molar-refractivity contribution is 6.30. The van der Waals surface area contributed by atoms with Gasteiger partial charge in [0.2, 0.25) is 5.91 Å². The number of aromatic nitrogens is 1. The number of pyridine rings is 1. The van der Waals surface area contributed by atoms with Crippen molar-refractivity contribution in [1.82, 2.24) is 10.3 Å². The first kappa shape index (κ1) is 20.5. The van der Waals surface area contributed by atoms with E-state index in [1.807, 2.05) is 0 Å². The van der Waals surface area contributed by atoms with E-state index in [0.717, 1.165) is 12.3 Å². The first-order valence-corrected chi connectivity index (χ1v) is 9.53. The second-order valence-corrected chi connectivity index (χ2v) is 8.14. The molecule has 0 unspecified atom stereocenters. The van der Waals surface area contributed by atoms with Crippen LogP contribution in [0, 0.1) is 11.2 Å². The minimum atomic E-state index is -2.62. The SMILES string of the molecule is O=C(COc1ccc(Cl)c(F)c1)NC12CC(C(=O)Nc3ccc(C(F)F)cn3)(C1)C2. The number of halogens is 4. The van der Waals surface area contributed by atoms with Gasteiger partial charge in [-0.15, -0.1) is 0 Å². The molecule has 6 nitrogen and oxygen atoms in total. The van der Waals surface area contributed by atoms with Gasteiger partial charge in [0.1, 0.15) is 17.4 Å². The summed E-state index contributed by atoms with van der Waals surface area (Å²) in [5, 5.41) is 5.45. The second-order valence-electron chi connectivity index (χ2n) is 7.74. The van der Waals surface area contributed by atoms with Crippen LogP contribution in [0.5, 0.6) is 5.75 Å². The summed E-state index contributed by atoms with van der Waals surface area (Å²) in [5.74, 6) is -0.867. The summed E-state index contributed by atoms with van der Waals surface area (Å²) in [6.45, 7) is -0.289. The first-order chi connectivity index (χ1) is 14.2. The van der Waals surface area contributed by atoms with Gasteiger partial charge in [-0.25, -0.2) is 18.2 Å². The smallest absolute Gasteiger partial charge is 0.265 e. The molecule has 3 aliphatic rings. The van der Waals surface area contributed by atoms with Gasteiger partial charge >= 0.3 is 0 Å². The highest BCUT2D eigenvalue weighted by atomic mass is 35.5. The summed E-state index contributed by atoms with van der Waals surface area (Å²) >= 11 is 5.59. The molecule has 3 saturated carbocycles. The van der Waals surface area contributed by atoms with Crippen LogP contribution in [0.2, 0.25) is 5.02 Å². The van der Waals surface area contributed by atoms with Gasteiger partial charge in [0.05, 0.1) is 10.4 Å². The third kappa shape index (κ3) is 3.81. The van der Waals surface area contributed by atoms with E-state index in [1.54, 1.807) is 0 Å². The van der Waals surface area contributed by atoms with Crippen molar-refractivity contribution < 1.29 is 27.5 Å². The molecule has 0 radical (unpaired) electrons. The number of anilines is 1. The van der Waals surface area contributed by atoms with E-state index >= 15 is 0 Å². The van der Waals surface area contributed by atoms with E-state index in [-0.39, 0.29) is 40.6 Å². The Labute approximate surface area is 174 Å². The quantitative estimate of drug-likeness (QED) is 0.686. The summed E-state index contributed by atoms with van der Waals surface area (Å²) in [5.41, 5.74) is -1.25. The number of rotatable bonds is 7. The number of carbonyl (C=O) groups excluding carboxylic acids is 2. The van der Waals surface area contributed by atoms with Gasteiger partial charge in [-0.3, -0.25) is 9.59 Å². The molecule has 2 aromatic rings. The standard InChI is InChI=1S/C20H17ClF3N3O3/c21-13-3-2-12(5-14(13)22)30-7-16(28)27-20-8-19(9-20,10-20)18(29)26-15-4-1-11(6-25-15)17(23)24/h1-6,17H,7-10H2,(H,27,28)(H,25,26,29). The maximum atomic E-state index is 13.4. The lowest BCUT2D eigenvalue weighted by atomic mass is 9.39. The Hall–Kier alpha value is -2.81. The van der Waals surface area contributed by atoms with Crippen LogP contribution in [0.25, 0.3) is 0 Å². The van der Waals surface area contributed by atoms with Crippen molar-refractivity contribution in [1.29, 1.82) is 0 Å². The lowest BCUT2D eigenvalue weighted by molar-refractivity contribution is -0.179. The number of ether oxygens (including phenoxy) is 1. The summed E-state index contributed by atoms with van der Waals surface area (Å²) in [4.78, 5) is 28.4. The molecule has 0 spiro atoms. The van der Waals surface area contributed by atoms with Crippen LogP contribution in [-0.2, 0) is 9.59 Å². The molecule has 1 aromatic heterocycles. The van der Waals surface area contributed by atoms with Crippen molar-refractivity contribution in [3.63, 3.8) is 0 Å². The van der Waals surface area contributed by atoms with E-state index in [0.29, 0.717) is 19.3 Å². The molecule has 0 aliphatic heterocycles. The van der Waals surface area contributed by atoms with Crippen molar-refractivity contribution in [2.45, 2.75) is 31.2 Å². The molecule has 158 valence electrons. The summed E-state index contributed by atoms with van der Waals surface area (Å²) in [6, 6.07) is 6.44. The predicted octanol–water partition coefficient (Wildman–Crippen LogP) is 3.87. The van der Waals surface area contributed by atoms with Crippen LogP contribution in [0.1, 0.15) is 31.3 Å². The van der Waals surface area contributed by atoms with Crippen molar-refractivity contribution in [3.05, 3.63) is 52.9 Å². The lowest BCUT2D eigenvalue weighted by Gasteiger charge is -2.69. The molecule has 2 amide bonds. The third-order valence-electron chi connectivity index (χ3n) is 5.46. The number of benzene rings is 1. The Kier molecular flexibility index (Phi) is 5.09. The van der Waals surface area contributed by atoms with E-state index in [1.165, 1.54) is 24.3 Å². The highest BCUT2D eigenvalue weighted by Crippen LogP contribution is 2.67. The van der Waals surface area contributed by atoms with Gasteiger partial charge in [0.15, 0.2) is 6.61 Å². The lowest BCUT2D eigenvalue weighted by Crippen LogP contribution is -2.78. The molecule has 10 heteroatoms. The Morgan fingerprint density at radius 3 is 2.53 bits per heavy atom. The molecular formula is C20H17ClF3N3O3. The van der Waals surface area contributed by atoms with Crippen LogP contribution in [0.15, 0.2) is 36.5 Å². The average molecular weight is 440 g/mol. The second kappa shape index (κ2) is 7.46. The minimum Gasteiger partial charge on any atom is -0.484 e. The molecule has 2 bridgehead atoms. The van der Waals surface area contributed by atoms with Gasteiger partial charge in [0.25, 0.3) is 12.3 Å². The van der Waals surface area contributed by atoms with E-state index in [9.17, 15) is 22.8 Å². The van der Waals surface area contributed by atoms with E-state index in [4.69, 9.17) is 16.3 Å². The van der Waals surface area contributed by atoms with Crippen LogP contribution in [0.4, 0.5) is 19.0 Å². The van der Waals surface area contributed by atoms with Crippen molar-refractivity contribution in [2.24, 2.45) is 5.41 Å². The molecule has 3 fully saturated rings. The largest absolute Gasteiger partial charge is 0.484 e. The molecule has 0 atom stereocenters. The molecule has 1 heterocycles. The molecule has 5 rings (SSSR count). The fraction of sp³-hybridized carbons (Fsp3) is 0.350. The molecule has 3 aliphatic carbocycles. The van der Waals surface area contributed by atoms with E-state index < -0.39 is 23.2 Å². The summed E-state index contributed by atoms with van der Waals surface area (Å²) in [7, 11) is 0. The van der Waals surface area contributed by atoms with Crippen molar-refractivity contribution in [3.8, 4) is 5.75 Å². The van der Waals surface area contributed by atoms with Crippen LogP contribution < -0.4 is 15.4 Å². The van der Waals surface area contributed by atoms with Gasteiger partial charge < -0.3 is 15.4 Å². The third-order valence-corrected chi connectivity index (χ3v) is 5.76. The maximum absolute atomic E-state index is 13.4. The van der Waals surface area contributed by atoms with Crippen LogP contribution in [-0.4, -0.2) is 28.9 Å². The summed E-state index contributed by atoms with van der Waals surface area (Å²) < 4.78 is 43.8. The van der Waals surface area contributed by atoms with E-state index in [2.05, 4.69) is 15.6 Å². The van der Waals surface area contributed by atoms with Crippen molar-refractivity contribution in [2.75, 3.05) is 11.9 Å². The Bertz CT molecular complexity index is 981. The van der Waals surface area contributed by atoms with Crippen molar-refractivity contribution >= 4 is 29.2 Å². The van der Waals surface area contributed by atoms with Gasteiger partial charge in [0, 0.05) is 23.4 Å². The Morgan fingerprint density at radius 1 is 1.20 bits per heavy atom. The zero-order valence-electron chi connectivity index (χ0n) is 15.6. The number of alkyl halides is 2. The maximum Gasteiger partial charge on any atom is 0.265 e. The zero-order valence-corrected chi connectivity index (χ0v) is 16.3. The Balaban J connectivity index is 1.24. The predicted molar refractivity (Wildman–Crippen MR) is 102 cm³/mol. The average Bonchev–Trinajstić information content (AvgIpc) is 2.64. The van der Waals surface area contributed by atoms with Crippen LogP contribution in [0.3, 0.4) is 0 Å². The van der Waals surface area contributed by atoms with Gasteiger partial charge in [-0.05, 0) is 43.5 Å². The van der Waals surface area contributed by atoms with Crippen LogP contribution >= 0.6 is 11.6 Å². The van der Waals surface area contributed by atoms with Gasteiger partial charge in [-0.1, -0.05) is 11.6 Å². The number of nitrogens with one attached hydrogen (secondary N) is 2. The number of hydrogen-bond acceptors (Lipinski definition) is 4. The summed E-state index contributed by atoms with van der Waals surface area (Å²) in [6.07, 6.45) is -0.172. The molecule has 2 N–H and O–H groups in total. The fourth-order valence-corrected chi connectivity index (χ4v) is 4.18. The number of hydrogen-bond donors (Lipinski definition) is 2. The Morgan fingerprint density at radius 2 is 1.93 bits per heavy atom. The number of carbonyl (C=O) groups is 2. The molecule has 0 saturated heterocycles. The molecule has 30 heavy (non-hydrogen) atoms. The molecular weight excluding hydrogens is 423 g/mol. The minimum absolute atomic E-state index is 0.0376. The topological polar surface area (TPSA) is 80.3 Å². The van der Waals surface area contributed by atoms with Gasteiger partial charge in [-0.2, -0.15) is 0 Å². The number of nitrogens with zero attached hydrogens (tertiary/aromatic N) is 1. The first-order valence-electron chi connectivity index (χ1n) is 9.15. The number of amides is 2. The normalized spacial score (nSPS) is 23.9. The zero-order chi connectivity index (χ0) is 21.5. The fourth-order valence-electron chi connectivity index (χ4n) is 4.07.